The summed E-state index contributed by atoms with van der Waals surface area (Å²) in [7, 11) is 0. The Bertz CT molecular complexity index is 2030. The Morgan fingerprint density at radius 1 is 1.18 bits per heavy atom. The second kappa shape index (κ2) is 14.1. The van der Waals surface area contributed by atoms with Crippen LogP contribution in [0.5, 0.6) is 6.01 Å². The van der Waals surface area contributed by atoms with E-state index in [9.17, 15) is 27.6 Å². The van der Waals surface area contributed by atoms with Crippen LogP contribution >= 0.6 is 11.3 Å². The summed E-state index contributed by atoms with van der Waals surface area (Å²) in [5.41, 5.74) is -2.61. The number of carbonyl (C=O) groups is 1. The summed E-state index contributed by atoms with van der Waals surface area (Å²) in [6.45, 7) is 0.950. The number of nitriles is 1. The predicted molar refractivity (Wildman–Crippen MR) is 175 cm³/mol. The van der Waals surface area contributed by atoms with Crippen LogP contribution in [-0.4, -0.2) is 92.7 Å². The fourth-order valence-corrected chi connectivity index (χ4v) is 7.85. The van der Waals surface area contributed by atoms with E-state index in [0.29, 0.717) is 18.0 Å². The highest BCUT2D eigenvalue weighted by Gasteiger charge is 2.49. The molecule has 1 amide bonds. The molecule has 1 aromatic carbocycles. The van der Waals surface area contributed by atoms with Crippen LogP contribution in [0.1, 0.15) is 42.7 Å². The molecule has 0 aliphatic carbocycles. The first-order valence-corrected chi connectivity index (χ1v) is 17.1. The molecule has 0 saturated carbocycles. The fraction of sp³-hybridized carbons (Fsp3) is 0.412. The highest BCUT2D eigenvalue weighted by Crippen LogP contribution is 2.41. The highest BCUT2D eigenvalue weighted by atomic mass is 32.1. The van der Waals surface area contributed by atoms with Gasteiger partial charge in [0, 0.05) is 67.6 Å². The summed E-state index contributed by atoms with van der Waals surface area (Å²) < 4.78 is 94.2. The number of hydrogen-bond acceptors (Lipinski definition) is 10. The number of thiazole rings is 1. The van der Waals surface area contributed by atoms with Gasteiger partial charge in [-0.25, -0.2) is 31.3 Å². The number of pyridine rings is 1. The molecule has 0 unspecified atom stereocenters. The lowest BCUT2D eigenvalue weighted by atomic mass is 9.95. The van der Waals surface area contributed by atoms with Gasteiger partial charge in [0.1, 0.15) is 40.6 Å². The number of halogens is 6. The predicted octanol–water partition coefficient (Wildman–Crippen LogP) is 6.26. The van der Waals surface area contributed by atoms with E-state index in [2.05, 4.69) is 19.9 Å². The topological polar surface area (TPSA) is 111 Å². The summed E-state index contributed by atoms with van der Waals surface area (Å²) in [6, 6.07) is 3.40. The molecule has 266 valence electrons. The third kappa shape index (κ3) is 6.69. The average Bonchev–Trinajstić information content (AvgIpc) is 3.83. The quantitative estimate of drug-likeness (QED) is 0.146. The molecule has 3 aliphatic heterocycles. The lowest BCUT2D eigenvalue weighted by Crippen LogP contribution is -2.55. The Hall–Kier alpha value is -4.82. The van der Waals surface area contributed by atoms with Crippen molar-refractivity contribution < 1.29 is 35.9 Å². The number of anilines is 1. The number of rotatable bonds is 9. The maximum absolute atomic E-state index is 16.5. The number of fused-ring (bicyclic) bond motifs is 2. The van der Waals surface area contributed by atoms with Gasteiger partial charge >= 0.3 is 6.01 Å². The van der Waals surface area contributed by atoms with Gasteiger partial charge in [-0.1, -0.05) is 0 Å². The van der Waals surface area contributed by atoms with E-state index >= 15 is 8.78 Å². The molecule has 6 heterocycles. The minimum Gasteiger partial charge on any atom is -0.461 e. The maximum atomic E-state index is 16.5. The number of piperazine rings is 1. The standard InChI is InChI=1S/C34H30F6N8O2S/c35-19-2-3-22(30(39)40)23(12-19)28-27(38)29-24(15-43-28)31(45-33(44-29)50-18-34-5-1-8-47(34)16-20(36)14-34)46-9-10-48(21(17-46)4-6-41)32(49)25(37)13-26-42-7-11-51-26/h2-3,7,11-13,15,20-21,30H,1,4-5,8-10,14,16-18H2/b25-13-/t20-,21+,34+/m1/s1. The second-order valence-corrected chi connectivity index (χ2v) is 13.7. The Kier molecular flexibility index (Phi) is 9.55. The molecule has 0 spiro atoms. The Morgan fingerprint density at radius 2 is 2.02 bits per heavy atom. The van der Waals surface area contributed by atoms with Crippen molar-refractivity contribution >= 4 is 40.0 Å². The van der Waals surface area contributed by atoms with Crippen LogP contribution in [-0.2, 0) is 4.79 Å². The van der Waals surface area contributed by atoms with Crippen LogP contribution in [0.15, 0.2) is 41.8 Å². The molecular formula is C34H30F6N8O2S. The van der Waals surface area contributed by atoms with Gasteiger partial charge in [0.25, 0.3) is 12.3 Å². The molecule has 0 radical (unpaired) electrons. The normalized spacial score (nSPS) is 22.5. The molecule has 7 rings (SSSR count). The molecule has 10 nitrogen and oxygen atoms in total. The number of ether oxygens (including phenoxy) is 1. The van der Waals surface area contributed by atoms with Crippen LogP contribution in [0.3, 0.4) is 0 Å². The average molecular weight is 729 g/mol. The number of hydrogen-bond donors (Lipinski definition) is 0. The van der Waals surface area contributed by atoms with Crippen LogP contribution in [0.2, 0.25) is 0 Å². The summed E-state index contributed by atoms with van der Waals surface area (Å²) in [4.78, 5) is 35.1. The molecular weight excluding hydrogens is 698 g/mol. The monoisotopic (exact) mass is 728 g/mol. The van der Waals surface area contributed by atoms with Gasteiger partial charge in [0.2, 0.25) is 0 Å². The second-order valence-electron chi connectivity index (χ2n) is 12.7. The van der Waals surface area contributed by atoms with Crippen molar-refractivity contribution in [1.82, 2.24) is 29.7 Å². The lowest BCUT2D eigenvalue weighted by molar-refractivity contribution is -0.131. The number of aromatic nitrogens is 4. The van der Waals surface area contributed by atoms with E-state index in [0.717, 1.165) is 42.0 Å². The molecule has 0 N–H and O–H groups in total. The molecule has 3 saturated heterocycles. The van der Waals surface area contributed by atoms with Crippen LogP contribution < -0.4 is 9.64 Å². The zero-order valence-electron chi connectivity index (χ0n) is 26.9. The van der Waals surface area contributed by atoms with E-state index < -0.39 is 64.4 Å². The van der Waals surface area contributed by atoms with Crippen LogP contribution in [0, 0.1) is 23.0 Å². The van der Waals surface area contributed by atoms with Crippen LogP contribution in [0.25, 0.3) is 28.2 Å². The van der Waals surface area contributed by atoms with Gasteiger partial charge in [-0.3, -0.25) is 14.7 Å². The molecule has 3 atom stereocenters. The first-order valence-electron chi connectivity index (χ1n) is 16.2. The van der Waals surface area contributed by atoms with Gasteiger partial charge in [-0.05, 0) is 37.6 Å². The van der Waals surface area contributed by atoms with Gasteiger partial charge in [0.15, 0.2) is 11.6 Å². The minimum atomic E-state index is -3.06. The summed E-state index contributed by atoms with van der Waals surface area (Å²) in [5, 5.41) is 11.6. The lowest BCUT2D eigenvalue weighted by Gasteiger charge is -2.41. The molecule has 51 heavy (non-hydrogen) atoms. The third-order valence-corrected chi connectivity index (χ3v) is 10.4. The number of benzene rings is 1. The van der Waals surface area contributed by atoms with Crippen molar-refractivity contribution in [3.05, 3.63) is 64.0 Å². The Balaban J connectivity index is 1.27. The number of nitrogens with zero attached hydrogens (tertiary/aromatic N) is 8. The molecule has 0 bridgehead atoms. The number of alkyl halides is 3. The summed E-state index contributed by atoms with van der Waals surface area (Å²) in [5.74, 6) is -3.87. The SMILES string of the molecule is N#CC[C@H]1CN(c2nc(OC[C@@]34CCCN3C[C@H](F)C4)nc3c(F)c(-c4cc(F)ccc4C(F)F)ncc23)CCN1C(=O)/C(F)=C/c1nccs1. The smallest absolute Gasteiger partial charge is 0.319 e. The van der Waals surface area contributed by atoms with E-state index in [1.165, 1.54) is 17.3 Å². The van der Waals surface area contributed by atoms with Crippen molar-refractivity contribution in [2.45, 2.75) is 49.9 Å². The molecule has 3 aromatic heterocycles. The van der Waals surface area contributed by atoms with Gasteiger partial charge in [-0.2, -0.15) is 15.2 Å². The van der Waals surface area contributed by atoms with Gasteiger partial charge in [0.05, 0.1) is 29.5 Å². The first-order chi connectivity index (χ1) is 24.6. The molecule has 3 aliphatic rings. The zero-order valence-corrected chi connectivity index (χ0v) is 27.7. The third-order valence-electron chi connectivity index (χ3n) is 9.66. The van der Waals surface area contributed by atoms with E-state index in [4.69, 9.17) is 4.74 Å². The Morgan fingerprint density at radius 3 is 2.78 bits per heavy atom. The first kappa shape index (κ1) is 34.6. The number of carbonyl (C=O) groups excluding carboxylic acids is 1. The van der Waals surface area contributed by atoms with Crippen molar-refractivity contribution in [3.63, 3.8) is 0 Å². The summed E-state index contributed by atoms with van der Waals surface area (Å²) in [6.07, 6.45) is 1.16. The zero-order chi connectivity index (χ0) is 35.9. The van der Waals surface area contributed by atoms with Gasteiger partial charge in [-0.15, -0.1) is 11.3 Å². The van der Waals surface area contributed by atoms with E-state index in [1.54, 1.807) is 10.3 Å². The summed E-state index contributed by atoms with van der Waals surface area (Å²) >= 11 is 1.15. The fourth-order valence-electron chi connectivity index (χ4n) is 7.29. The number of amides is 1. The van der Waals surface area contributed by atoms with Gasteiger partial charge < -0.3 is 14.5 Å². The Labute approximate surface area is 292 Å². The molecule has 17 heteroatoms. The molecule has 4 aromatic rings. The van der Waals surface area contributed by atoms with Crippen LogP contribution in [0.4, 0.5) is 32.2 Å². The maximum Gasteiger partial charge on any atom is 0.319 e. The van der Waals surface area contributed by atoms with Crippen molar-refractivity contribution in [2.75, 3.05) is 44.2 Å². The largest absolute Gasteiger partial charge is 0.461 e. The van der Waals surface area contributed by atoms with E-state index in [-0.39, 0.29) is 68.4 Å². The highest BCUT2D eigenvalue weighted by molar-refractivity contribution is 7.10. The van der Waals surface area contributed by atoms with Crippen molar-refractivity contribution in [2.24, 2.45) is 0 Å². The minimum absolute atomic E-state index is 0.00139. The van der Waals surface area contributed by atoms with E-state index in [1.807, 2.05) is 11.0 Å². The van der Waals surface area contributed by atoms with Crippen molar-refractivity contribution in [3.8, 4) is 23.3 Å². The van der Waals surface area contributed by atoms with Crippen molar-refractivity contribution in [1.29, 1.82) is 5.26 Å². The molecule has 3 fully saturated rings.